The van der Waals surface area contributed by atoms with Crippen LogP contribution in [0.1, 0.15) is 44.2 Å². The summed E-state index contributed by atoms with van der Waals surface area (Å²) in [5, 5.41) is 0. The lowest BCUT2D eigenvalue weighted by Gasteiger charge is -2.28. The third-order valence-electron chi connectivity index (χ3n) is 3.46. The monoisotopic (exact) mass is 248 g/mol. The second kappa shape index (κ2) is 6.79. The maximum Gasteiger partial charge on any atom is 0.0319 e. The second-order valence-electron chi connectivity index (χ2n) is 6.10. The molecule has 18 heavy (non-hydrogen) atoms. The minimum absolute atomic E-state index is 0.490. The molecule has 1 aliphatic rings. The fourth-order valence-electron chi connectivity index (χ4n) is 3.02. The van der Waals surface area contributed by atoms with Crippen LogP contribution in [0.2, 0.25) is 0 Å². The molecule has 1 aromatic rings. The van der Waals surface area contributed by atoms with Gasteiger partial charge in [-0.25, -0.2) is 0 Å². The van der Waals surface area contributed by atoms with E-state index < -0.39 is 0 Å². The number of nitrogens with two attached hydrogens (primary N) is 2. The molecular weight excluding hydrogens is 220 g/mol. The Hall–Kier alpha value is -1.02. The molecule has 0 spiro atoms. The van der Waals surface area contributed by atoms with Gasteiger partial charge in [0.05, 0.1) is 0 Å². The standard InChI is InChI=1S/C8H17N.C8H11N/c2*1-6-3-7(2)5-8(9)4-6/h6-8H,3-5,9H2,1-2H3;3-5H,9H2,1-2H3. The molecule has 0 amide bonds. The van der Waals surface area contributed by atoms with E-state index in [0.29, 0.717) is 6.04 Å². The van der Waals surface area contributed by atoms with Crippen LogP contribution in [0.15, 0.2) is 18.2 Å². The Kier molecular flexibility index (Phi) is 5.67. The highest BCUT2D eigenvalue weighted by molar-refractivity contribution is 5.43. The number of hydrogen-bond acceptors (Lipinski definition) is 2. The predicted molar refractivity (Wildman–Crippen MR) is 80.5 cm³/mol. The van der Waals surface area contributed by atoms with Crippen LogP contribution in [0, 0.1) is 25.7 Å². The van der Waals surface area contributed by atoms with E-state index in [4.69, 9.17) is 11.5 Å². The number of hydrogen-bond donors (Lipinski definition) is 2. The Morgan fingerprint density at radius 1 is 0.889 bits per heavy atom. The van der Waals surface area contributed by atoms with Gasteiger partial charge in [-0.3, -0.25) is 0 Å². The molecule has 1 fully saturated rings. The van der Waals surface area contributed by atoms with Gasteiger partial charge in [-0.2, -0.15) is 0 Å². The Balaban J connectivity index is 0.000000180. The predicted octanol–water partition coefficient (Wildman–Crippen LogP) is 3.66. The van der Waals surface area contributed by atoms with Crippen molar-refractivity contribution in [2.45, 2.75) is 53.0 Å². The van der Waals surface area contributed by atoms with Crippen molar-refractivity contribution in [2.75, 3.05) is 5.73 Å². The third kappa shape index (κ3) is 5.54. The lowest BCUT2D eigenvalue weighted by atomic mass is 9.81. The lowest BCUT2D eigenvalue weighted by Crippen LogP contribution is -2.30. The molecule has 0 bridgehead atoms. The normalized spacial score (nSPS) is 27.3. The van der Waals surface area contributed by atoms with Gasteiger partial charge >= 0.3 is 0 Å². The summed E-state index contributed by atoms with van der Waals surface area (Å²) in [6.07, 6.45) is 3.86. The van der Waals surface area contributed by atoms with Crippen molar-refractivity contribution in [3.8, 4) is 0 Å². The summed E-state index contributed by atoms with van der Waals surface area (Å²) in [5.74, 6) is 1.73. The molecule has 0 heterocycles. The van der Waals surface area contributed by atoms with Crippen LogP contribution in [-0.2, 0) is 0 Å². The van der Waals surface area contributed by atoms with E-state index in [9.17, 15) is 0 Å². The van der Waals surface area contributed by atoms with Crippen molar-refractivity contribution in [1.29, 1.82) is 0 Å². The molecule has 0 aromatic heterocycles. The Morgan fingerprint density at radius 2 is 1.33 bits per heavy atom. The van der Waals surface area contributed by atoms with E-state index in [1.165, 1.54) is 30.4 Å². The molecule has 2 atom stereocenters. The van der Waals surface area contributed by atoms with Gasteiger partial charge < -0.3 is 11.5 Å². The van der Waals surface area contributed by atoms with Crippen molar-refractivity contribution in [2.24, 2.45) is 17.6 Å². The fourth-order valence-corrected chi connectivity index (χ4v) is 3.02. The molecule has 2 unspecified atom stereocenters. The minimum atomic E-state index is 0.490. The lowest BCUT2D eigenvalue weighted by molar-refractivity contribution is 0.269. The first-order chi connectivity index (χ1) is 8.36. The first-order valence-electron chi connectivity index (χ1n) is 6.96. The van der Waals surface area contributed by atoms with E-state index in [-0.39, 0.29) is 0 Å². The molecule has 4 N–H and O–H groups in total. The molecule has 2 rings (SSSR count). The highest BCUT2D eigenvalue weighted by atomic mass is 14.6. The summed E-state index contributed by atoms with van der Waals surface area (Å²) >= 11 is 0. The number of anilines is 1. The van der Waals surface area contributed by atoms with E-state index in [1.807, 2.05) is 26.0 Å². The quantitative estimate of drug-likeness (QED) is 0.688. The SMILES string of the molecule is CC1CC(C)CC(N)C1.Cc1cc(C)cc(N)c1. The average Bonchev–Trinajstić information content (AvgIpc) is 2.12. The van der Waals surface area contributed by atoms with Gasteiger partial charge in [-0.1, -0.05) is 19.9 Å². The Morgan fingerprint density at radius 3 is 1.67 bits per heavy atom. The highest BCUT2D eigenvalue weighted by Crippen LogP contribution is 2.26. The molecular formula is C16H28N2. The molecule has 0 radical (unpaired) electrons. The molecule has 0 saturated heterocycles. The van der Waals surface area contributed by atoms with Gasteiger partial charge in [0.2, 0.25) is 0 Å². The number of nitrogen functional groups attached to an aromatic ring is 1. The first kappa shape index (κ1) is 15.0. The van der Waals surface area contributed by atoms with Crippen molar-refractivity contribution < 1.29 is 0 Å². The van der Waals surface area contributed by atoms with Gasteiger partial charge in [-0.15, -0.1) is 0 Å². The molecule has 102 valence electrons. The molecule has 2 heteroatoms. The smallest absolute Gasteiger partial charge is 0.0319 e. The van der Waals surface area contributed by atoms with Gasteiger partial charge in [0, 0.05) is 11.7 Å². The average molecular weight is 248 g/mol. The Bertz CT molecular complexity index is 298. The highest BCUT2D eigenvalue weighted by Gasteiger charge is 2.20. The largest absolute Gasteiger partial charge is 0.399 e. The van der Waals surface area contributed by atoms with Crippen molar-refractivity contribution in [3.63, 3.8) is 0 Å². The summed E-state index contributed by atoms with van der Waals surface area (Å²) in [5.41, 5.74) is 14.7. The first-order valence-corrected chi connectivity index (χ1v) is 6.96. The van der Waals surface area contributed by atoms with Crippen molar-refractivity contribution >= 4 is 5.69 Å². The van der Waals surface area contributed by atoms with Gasteiger partial charge in [-0.05, 0) is 68.2 Å². The van der Waals surface area contributed by atoms with Gasteiger partial charge in [0.25, 0.3) is 0 Å². The van der Waals surface area contributed by atoms with Crippen LogP contribution in [0.3, 0.4) is 0 Å². The van der Waals surface area contributed by atoms with Crippen LogP contribution in [0.4, 0.5) is 5.69 Å². The van der Waals surface area contributed by atoms with Crippen molar-refractivity contribution in [1.82, 2.24) is 0 Å². The zero-order valence-corrected chi connectivity index (χ0v) is 12.2. The van der Waals surface area contributed by atoms with Crippen LogP contribution >= 0.6 is 0 Å². The minimum Gasteiger partial charge on any atom is -0.399 e. The Labute approximate surface area is 112 Å². The van der Waals surface area contributed by atoms with Crippen LogP contribution < -0.4 is 11.5 Å². The molecule has 1 saturated carbocycles. The molecule has 1 aromatic carbocycles. The van der Waals surface area contributed by atoms with Crippen LogP contribution in [-0.4, -0.2) is 6.04 Å². The van der Waals surface area contributed by atoms with Crippen LogP contribution in [0.5, 0.6) is 0 Å². The van der Waals surface area contributed by atoms with E-state index in [2.05, 4.69) is 19.9 Å². The maximum atomic E-state index is 5.82. The summed E-state index contributed by atoms with van der Waals surface area (Å²) in [7, 11) is 0. The topological polar surface area (TPSA) is 52.0 Å². The summed E-state index contributed by atoms with van der Waals surface area (Å²) in [6.45, 7) is 8.69. The van der Waals surface area contributed by atoms with Crippen LogP contribution in [0.25, 0.3) is 0 Å². The summed E-state index contributed by atoms with van der Waals surface area (Å²) < 4.78 is 0. The van der Waals surface area contributed by atoms with E-state index >= 15 is 0 Å². The summed E-state index contributed by atoms with van der Waals surface area (Å²) in [6, 6.07) is 6.53. The zero-order valence-electron chi connectivity index (χ0n) is 12.2. The molecule has 1 aliphatic carbocycles. The van der Waals surface area contributed by atoms with Crippen molar-refractivity contribution in [3.05, 3.63) is 29.3 Å². The second-order valence-corrected chi connectivity index (χ2v) is 6.10. The summed E-state index contributed by atoms with van der Waals surface area (Å²) in [4.78, 5) is 0. The van der Waals surface area contributed by atoms with Gasteiger partial charge in [0.1, 0.15) is 0 Å². The molecule has 2 nitrogen and oxygen atoms in total. The number of aryl methyl sites for hydroxylation is 2. The maximum absolute atomic E-state index is 5.82. The zero-order chi connectivity index (χ0) is 13.7. The molecule has 0 aliphatic heterocycles. The van der Waals surface area contributed by atoms with E-state index in [0.717, 1.165) is 17.5 Å². The number of rotatable bonds is 0. The van der Waals surface area contributed by atoms with Gasteiger partial charge in [0.15, 0.2) is 0 Å². The van der Waals surface area contributed by atoms with E-state index in [1.54, 1.807) is 0 Å². The third-order valence-corrected chi connectivity index (χ3v) is 3.46. The number of benzene rings is 1. The fraction of sp³-hybridized carbons (Fsp3) is 0.625.